The molecule has 0 saturated heterocycles. The van der Waals surface area contributed by atoms with Gasteiger partial charge in [-0.3, -0.25) is 19.1 Å². The van der Waals surface area contributed by atoms with Gasteiger partial charge in [0.05, 0.1) is 13.0 Å². The molecule has 0 aliphatic rings. The van der Waals surface area contributed by atoms with Gasteiger partial charge in [0.1, 0.15) is 5.82 Å². The molecule has 0 unspecified atom stereocenters. The largest absolute Gasteiger partial charge is 0.358 e. The molecule has 0 saturated carbocycles. The molecule has 0 radical (unpaired) electrons. The summed E-state index contributed by atoms with van der Waals surface area (Å²) in [4.78, 5) is 35.1. The standard InChI is InChI=1S/C16H19N5O3/c1-17-15(23)10-18-16(24)12-9-13(21(2)20-12)19-14(22)8-11-6-4-3-5-7-11/h3-7,9H,8,10H2,1-2H3,(H,17,23)(H,18,24)(H,19,22). The molecular formula is C16H19N5O3. The smallest absolute Gasteiger partial charge is 0.272 e. The lowest BCUT2D eigenvalue weighted by atomic mass is 10.1. The third-order valence-electron chi connectivity index (χ3n) is 3.28. The highest BCUT2D eigenvalue weighted by molar-refractivity contribution is 5.97. The predicted octanol–water partition coefficient (Wildman–Crippen LogP) is 0.0771. The lowest BCUT2D eigenvalue weighted by Gasteiger charge is -2.04. The highest BCUT2D eigenvalue weighted by atomic mass is 16.2. The van der Waals surface area contributed by atoms with Gasteiger partial charge in [-0.1, -0.05) is 30.3 Å². The summed E-state index contributed by atoms with van der Waals surface area (Å²) < 4.78 is 1.40. The molecule has 24 heavy (non-hydrogen) atoms. The van der Waals surface area contributed by atoms with Crippen LogP contribution in [0.25, 0.3) is 0 Å². The van der Waals surface area contributed by atoms with Gasteiger partial charge in [-0.2, -0.15) is 5.10 Å². The lowest BCUT2D eigenvalue weighted by molar-refractivity contribution is -0.119. The average molecular weight is 329 g/mol. The van der Waals surface area contributed by atoms with Crippen molar-refractivity contribution >= 4 is 23.5 Å². The van der Waals surface area contributed by atoms with Crippen LogP contribution in [0.15, 0.2) is 36.4 Å². The van der Waals surface area contributed by atoms with Crippen LogP contribution >= 0.6 is 0 Å². The summed E-state index contributed by atoms with van der Waals surface area (Å²) in [5, 5.41) is 11.6. The number of likely N-dealkylation sites (N-methyl/N-ethyl adjacent to an activating group) is 1. The first-order valence-corrected chi connectivity index (χ1v) is 7.36. The van der Waals surface area contributed by atoms with Gasteiger partial charge in [0.2, 0.25) is 11.8 Å². The number of hydrogen-bond donors (Lipinski definition) is 3. The van der Waals surface area contributed by atoms with Crippen LogP contribution in [0.3, 0.4) is 0 Å². The second-order valence-corrected chi connectivity index (χ2v) is 5.10. The molecule has 1 aromatic heterocycles. The molecule has 2 rings (SSSR count). The normalized spacial score (nSPS) is 10.1. The quantitative estimate of drug-likeness (QED) is 0.698. The maximum Gasteiger partial charge on any atom is 0.272 e. The zero-order chi connectivity index (χ0) is 17.5. The van der Waals surface area contributed by atoms with Gasteiger partial charge in [0.15, 0.2) is 5.69 Å². The van der Waals surface area contributed by atoms with E-state index in [0.717, 1.165) is 5.56 Å². The maximum absolute atomic E-state index is 12.1. The van der Waals surface area contributed by atoms with Crippen molar-refractivity contribution < 1.29 is 14.4 Å². The number of rotatable bonds is 6. The predicted molar refractivity (Wildman–Crippen MR) is 88.4 cm³/mol. The number of amides is 3. The highest BCUT2D eigenvalue weighted by Crippen LogP contribution is 2.10. The molecule has 0 fully saturated rings. The Balaban J connectivity index is 1.97. The van der Waals surface area contributed by atoms with Crippen LogP contribution in [-0.4, -0.2) is 41.1 Å². The van der Waals surface area contributed by atoms with E-state index in [0.29, 0.717) is 5.82 Å². The minimum Gasteiger partial charge on any atom is -0.358 e. The van der Waals surface area contributed by atoms with E-state index in [1.165, 1.54) is 17.8 Å². The number of carbonyl (C=O) groups excluding carboxylic acids is 3. The summed E-state index contributed by atoms with van der Waals surface area (Å²) in [6.45, 7) is -0.137. The monoisotopic (exact) mass is 329 g/mol. The van der Waals surface area contributed by atoms with Gasteiger partial charge >= 0.3 is 0 Å². The van der Waals surface area contributed by atoms with Crippen LogP contribution < -0.4 is 16.0 Å². The van der Waals surface area contributed by atoms with E-state index in [2.05, 4.69) is 21.0 Å². The van der Waals surface area contributed by atoms with Crippen LogP contribution in [0, 0.1) is 0 Å². The van der Waals surface area contributed by atoms with Crippen molar-refractivity contribution in [3.63, 3.8) is 0 Å². The molecule has 8 heteroatoms. The molecule has 0 spiro atoms. The van der Waals surface area contributed by atoms with Crippen LogP contribution in [-0.2, 0) is 23.1 Å². The second-order valence-electron chi connectivity index (χ2n) is 5.10. The zero-order valence-electron chi connectivity index (χ0n) is 13.5. The van der Waals surface area contributed by atoms with Crippen molar-refractivity contribution in [2.24, 2.45) is 7.05 Å². The molecule has 0 atom stereocenters. The van der Waals surface area contributed by atoms with Gasteiger partial charge < -0.3 is 16.0 Å². The second kappa shape index (κ2) is 7.91. The fourth-order valence-electron chi connectivity index (χ4n) is 2.00. The van der Waals surface area contributed by atoms with Gasteiger partial charge in [-0.15, -0.1) is 0 Å². The zero-order valence-corrected chi connectivity index (χ0v) is 13.5. The molecular weight excluding hydrogens is 310 g/mol. The number of aryl methyl sites for hydroxylation is 1. The third-order valence-corrected chi connectivity index (χ3v) is 3.28. The Morgan fingerprint density at radius 3 is 2.50 bits per heavy atom. The van der Waals surface area contributed by atoms with Crippen LogP contribution in [0.2, 0.25) is 0 Å². The van der Waals surface area contributed by atoms with E-state index in [4.69, 9.17) is 0 Å². The topological polar surface area (TPSA) is 105 Å². The minimum absolute atomic E-state index is 0.122. The first-order chi connectivity index (χ1) is 11.5. The lowest BCUT2D eigenvalue weighted by Crippen LogP contribution is -2.35. The van der Waals surface area contributed by atoms with Crippen LogP contribution in [0.1, 0.15) is 16.1 Å². The van der Waals surface area contributed by atoms with Gasteiger partial charge in [-0.05, 0) is 5.56 Å². The number of aromatic nitrogens is 2. The maximum atomic E-state index is 12.1. The summed E-state index contributed by atoms with van der Waals surface area (Å²) in [5.74, 6) is -0.601. The Bertz CT molecular complexity index is 739. The third kappa shape index (κ3) is 4.67. The highest BCUT2D eigenvalue weighted by Gasteiger charge is 2.15. The van der Waals surface area contributed by atoms with Crippen LogP contribution in [0.5, 0.6) is 0 Å². The van der Waals surface area contributed by atoms with E-state index < -0.39 is 5.91 Å². The molecule has 3 N–H and O–H groups in total. The molecule has 1 aromatic carbocycles. The summed E-state index contributed by atoms with van der Waals surface area (Å²) in [5.41, 5.74) is 1.01. The first-order valence-electron chi connectivity index (χ1n) is 7.36. The Hall–Kier alpha value is -3.16. The molecule has 3 amide bonds. The summed E-state index contributed by atoms with van der Waals surface area (Å²) in [7, 11) is 3.10. The first kappa shape index (κ1) is 17.2. The van der Waals surface area contributed by atoms with Gasteiger partial charge in [0.25, 0.3) is 5.91 Å². The fraction of sp³-hybridized carbons (Fsp3) is 0.250. The van der Waals surface area contributed by atoms with Gasteiger partial charge in [0, 0.05) is 20.2 Å². The van der Waals surface area contributed by atoms with Crippen LogP contribution in [0.4, 0.5) is 5.82 Å². The molecule has 8 nitrogen and oxygen atoms in total. The molecule has 0 bridgehead atoms. The van der Waals surface area contributed by atoms with Crippen molar-refractivity contribution in [2.75, 3.05) is 18.9 Å². The molecule has 2 aromatic rings. The number of benzene rings is 1. The molecule has 126 valence electrons. The van der Waals surface area contributed by atoms with E-state index in [9.17, 15) is 14.4 Å². The Kier molecular flexibility index (Phi) is 5.67. The van der Waals surface area contributed by atoms with Gasteiger partial charge in [-0.25, -0.2) is 0 Å². The van der Waals surface area contributed by atoms with Crippen molar-refractivity contribution in [3.8, 4) is 0 Å². The fourth-order valence-corrected chi connectivity index (χ4v) is 2.00. The van der Waals surface area contributed by atoms with E-state index in [1.807, 2.05) is 30.3 Å². The summed E-state index contributed by atoms with van der Waals surface area (Å²) in [6.07, 6.45) is 0.226. The van der Waals surface area contributed by atoms with Crippen molar-refractivity contribution in [1.29, 1.82) is 0 Å². The summed E-state index contributed by atoms with van der Waals surface area (Å²) in [6, 6.07) is 10.8. The van der Waals surface area contributed by atoms with E-state index in [-0.39, 0.29) is 30.5 Å². The Labute approximate surface area is 139 Å². The Morgan fingerprint density at radius 2 is 1.83 bits per heavy atom. The Morgan fingerprint density at radius 1 is 1.12 bits per heavy atom. The number of nitrogens with zero attached hydrogens (tertiary/aromatic N) is 2. The number of anilines is 1. The van der Waals surface area contributed by atoms with E-state index in [1.54, 1.807) is 7.05 Å². The molecule has 1 heterocycles. The average Bonchev–Trinajstić information content (AvgIpc) is 2.94. The summed E-state index contributed by atoms with van der Waals surface area (Å²) >= 11 is 0. The van der Waals surface area contributed by atoms with Crippen molar-refractivity contribution in [3.05, 3.63) is 47.7 Å². The number of hydrogen-bond acceptors (Lipinski definition) is 4. The SMILES string of the molecule is CNC(=O)CNC(=O)c1cc(NC(=O)Cc2ccccc2)n(C)n1. The van der Waals surface area contributed by atoms with E-state index >= 15 is 0 Å². The molecule has 0 aliphatic heterocycles. The molecule has 0 aliphatic carbocycles. The number of carbonyl (C=O) groups is 3. The van der Waals surface area contributed by atoms with Crippen molar-refractivity contribution in [2.45, 2.75) is 6.42 Å². The minimum atomic E-state index is -0.488. The number of nitrogens with one attached hydrogen (secondary N) is 3. The van der Waals surface area contributed by atoms with Crippen molar-refractivity contribution in [1.82, 2.24) is 20.4 Å².